The van der Waals surface area contributed by atoms with Crippen LogP contribution >= 0.6 is 0 Å². The first-order valence-electron chi connectivity index (χ1n) is 8.96. The quantitative estimate of drug-likeness (QED) is 0.388. The number of furan rings is 1. The van der Waals surface area contributed by atoms with E-state index in [9.17, 15) is 0 Å². The number of hydrogen-bond donors (Lipinski definition) is 2. The van der Waals surface area contributed by atoms with E-state index >= 15 is 0 Å². The van der Waals surface area contributed by atoms with Crippen molar-refractivity contribution >= 4 is 5.96 Å². The third-order valence-electron chi connectivity index (χ3n) is 4.08. The highest BCUT2D eigenvalue weighted by atomic mass is 16.5. The molecule has 1 aromatic carbocycles. The van der Waals surface area contributed by atoms with Gasteiger partial charge in [0, 0.05) is 26.7 Å². The summed E-state index contributed by atoms with van der Waals surface area (Å²) in [5.41, 5.74) is 1.28. The fourth-order valence-electron chi connectivity index (χ4n) is 2.64. The van der Waals surface area contributed by atoms with E-state index in [4.69, 9.17) is 9.15 Å². The molecule has 2 N–H and O–H groups in total. The van der Waals surface area contributed by atoms with Gasteiger partial charge in [-0.25, -0.2) is 0 Å². The van der Waals surface area contributed by atoms with Crippen LogP contribution in [0.5, 0.6) is 0 Å². The molecule has 1 aromatic heterocycles. The number of benzene rings is 1. The number of hydrogen-bond acceptors (Lipinski definition) is 4. The van der Waals surface area contributed by atoms with Gasteiger partial charge in [0.2, 0.25) is 0 Å². The van der Waals surface area contributed by atoms with Gasteiger partial charge in [-0.15, -0.1) is 0 Å². The van der Waals surface area contributed by atoms with Gasteiger partial charge in [0.25, 0.3) is 0 Å². The standard InChI is InChI=1S/C20H30N4O2/c1-21-20(22-12-8-13-25-16-18-11-7-14-26-18)23-15-19(24(2)3)17-9-5-4-6-10-17/h4-7,9-11,14,19H,8,12-13,15-16H2,1-3H3,(H2,21,22,23). The Kier molecular flexibility index (Phi) is 8.72. The maximum Gasteiger partial charge on any atom is 0.191 e. The second-order valence-electron chi connectivity index (χ2n) is 6.26. The molecule has 26 heavy (non-hydrogen) atoms. The van der Waals surface area contributed by atoms with Crippen LogP contribution in [0.15, 0.2) is 58.1 Å². The maximum atomic E-state index is 5.58. The molecule has 0 aliphatic rings. The molecule has 0 aliphatic heterocycles. The molecule has 0 radical (unpaired) electrons. The minimum absolute atomic E-state index is 0.284. The van der Waals surface area contributed by atoms with Gasteiger partial charge < -0.3 is 24.7 Å². The molecule has 6 nitrogen and oxygen atoms in total. The Labute approximate surface area is 156 Å². The Bertz CT molecular complexity index is 627. The number of nitrogens with zero attached hydrogens (tertiary/aromatic N) is 2. The zero-order chi connectivity index (χ0) is 18.6. The van der Waals surface area contributed by atoms with Crippen molar-refractivity contribution in [2.24, 2.45) is 4.99 Å². The second kappa shape index (κ2) is 11.3. The number of likely N-dealkylation sites (N-methyl/N-ethyl adjacent to an activating group) is 1. The molecule has 142 valence electrons. The summed E-state index contributed by atoms with van der Waals surface area (Å²) in [6, 6.07) is 14.6. The summed E-state index contributed by atoms with van der Waals surface area (Å²) in [6.45, 7) is 2.78. The van der Waals surface area contributed by atoms with Crippen LogP contribution in [-0.4, -0.2) is 51.7 Å². The molecule has 0 spiro atoms. The van der Waals surface area contributed by atoms with Crippen LogP contribution in [-0.2, 0) is 11.3 Å². The third-order valence-corrected chi connectivity index (χ3v) is 4.08. The van der Waals surface area contributed by atoms with Crippen LogP contribution in [0.1, 0.15) is 23.8 Å². The molecule has 0 aliphatic carbocycles. The number of rotatable bonds is 10. The smallest absolute Gasteiger partial charge is 0.191 e. The highest BCUT2D eigenvalue weighted by Crippen LogP contribution is 2.16. The summed E-state index contributed by atoms with van der Waals surface area (Å²) in [5.74, 6) is 1.66. The summed E-state index contributed by atoms with van der Waals surface area (Å²) in [5, 5.41) is 6.73. The first-order valence-corrected chi connectivity index (χ1v) is 8.96. The van der Waals surface area contributed by atoms with Crippen LogP contribution in [0.25, 0.3) is 0 Å². The topological polar surface area (TPSA) is 62.0 Å². The van der Waals surface area contributed by atoms with E-state index < -0.39 is 0 Å². The Morgan fingerprint density at radius 1 is 1.15 bits per heavy atom. The minimum Gasteiger partial charge on any atom is -0.467 e. The third kappa shape index (κ3) is 6.90. The van der Waals surface area contributed by atoms with Crippen LogP contribution in [0.4, 0.5) is 0 Å². The second-order valence-corrected chi connectivity index (χ2v) is 6.26. The van der Waals surface area contributed by atoms with Crippen molar-refractivity contribution in [1.82, 2.24) is 15.5 Å². The van der Waals surface area contributed by atoms with Gasteiger partial charge in [-0.3, -0.25) is 4.99 Å². The summed E-state index contributed by atoms with van der Waals surface area (Å²) < 4.78 is 10.8. The lowest BCUT2D eigenvalue weighted by Crippen LogP contribution is -2.42. The van der Waals surface area contributed by atoms with Gasteiger partial charge in [0.15, 0.2) is 5.96 Å². The lowest BCUT2D eigenvalue weighted by molar-refractivity contribution is 0.105. The molecule has 6 heteroatoms. The Morgan fingerprint density at radius 3 is 2.62 bits per heavy atom. The van der Waals surface area contributed by atoms with E-state index in [-0.39, 0.29) is 6.04 Å². The van der Waals surface area contributed by atoms with E-state index in [1.807, 2.05) is 18.2 Å². The number of aliphatic imine (C=N–C) groups is 1. The van der Waals surface area contributed by atoms with Gasteiger partial charge in [0.1, 0.15) is 12.4 Å². The summed E-state index contributed by atoms with van der Waals surface area (Å²) in [6.07, 6.45) is 2.56. The zero-order valence-electron chi connectivity index (χ0n) is 15.9. The van der Waals surface area contributed by atoms with Crippen LogP contribution in [0, 0.1) is 0 Å². The average Bonchev–Trinajstić information content (AvgIpc) is 3.17. The lowest BCUT2D eigenvalue weighted by Gasteiger charge is -2.26. The normalized spacial score (nSPS) is 13.0. The molecule has 0 bridgehead atoms. The highest BCUT2D eigenvalue weighted by Gasteiger charge is 2.14. The van der Waals surface area contributed by atoms with Crippen LogP contribution in [0.3, 0.4) is 0 Å². The first-order chi connectivity index (χ1) is 12.7. The maximum absolute atomic E-state index is 5.58. The largest absolute Gasteiger partial charge is 0.467 e. The van der Waals surface area contributed by atoms with E-state index in [1.165, 1.54) is 5.56 Å². The molecule has 2 rings (SSSR count). The molecule has 2 aromatic rings. The summed E-state index contributed by atoms with van der Waals surface area (Å²) in [7, 11) is 5.97. The van der Waals surface area contributed by atoms with Gasteiger partial charge in [-0.05, 0) is 38.2 Å². The molecule has 0 saturated heterocycles. The zero-order valence-corrected chi connectivity index (χ0v) is 15.9. The van der Waals surface area contributed by atoms with Crippen molar-refractivity contribution in [2.45, 2.75) is 19.1 Å². The van der Waals surface area contributed by atoms with Crippen molar-refractivity contribution in [3.8, 4) is 0 Å². The Morgan fingerprint density at radius 2 is 1.96 bits per heavy atom. The number of ether oxygens (including phenoxy) is 1. The van der Waals surface area contributed by atoms with Crippen LogP contribution < -0.4 is 10.6 Å². The van der Waals surface area contributed by atoms with Gasteiger partial charge in [0.05, 0.1) is 12.3 Å². The summed E-state index contributed by atoms with van der Waals surface area (Å²) in [4.78, 5) is 6.50. The molecule has 1 atom stereocenters. The molecule has 0 fully saturated rings. The van der Waals surface area contributed by atoms with Crippen LogP contribution in [0.2, 0.25) is 0 Å². The van der Waals surface area contributed by atoms with Crippen molar-refractivity contribution < 1.29 is 9.15 Å². The fourth-order valence-corrected chi connectivity index (χ4v) is 2.64. The summed E-state index contributed by atoms with van der Waals surface area (Å²) >= 11 is 0. The number of guanidine groups is 1. The molecule has 0 saturated carbocycles. The first kappa shape index (κ1) is 20.0. The van der Waals surface area contributed by atoms with E-state index in [2.05, 4.69) is 58.9 Å². The van der Waals surface area contributed by atoms with Crippen molar-refractivity contribution in [1.29, 1.82) is 0 Å². The molecular formula is C20H30N4O2. The molecule has 0 amide bonds. The van der Waals surface area contributed by atoms with E-state index in [0.29, 0.717) is 13.2 Å². The van der Waals surface area contributed by atoms with Gasteiger partial charge in [-0.2, -0.15) is 0 Å². The van der Waals surface area contributed by atoms with E-state index in [0.717, 1.165) is 31.2 Å². The van der Waals surface area contributed by atoms with Crippen molar-refractivity contribution in [3.63, 3.8) is 0 Å². The SMILES string of the molecule is CN=C(NCCCOCc1ccco1)NCC(c1ccccc1)N(C)C. The fraction of sp³-hybridized carbons (Fsp3) is 0.450. The van der Waals surface area contributed by atoms with E-state index in [1.54, 1.807) is 13.3 Å². The predicted octanol–water partition coefficient (Wildman–Crippen LogP) is 2.65. The highest BCUT2D eigenvalue weighted by molar-refractivity contribution is 5.79. The minimum atomic E-state index is 0.284. The van der Waals surface area contributed by atoms with Crippen molar-refractivity contribution in [2.75, 3.05) is 40.8 Å². The Balaban J connectivity index is 1.66. The number of nitrogens with one attached hydrogen (secondary N) is 2. The predicted molar refractivity (Wildman–Crippen MR) is 105 cm³/mol. The average molecular weight is 358 g/mol. The molecule has 1 heterocycles. The molecule has 1 unspecified atom stereocenters. The van der Waals surface area contributed by atoms with Gasteiger partial charge in [-0.1, -0.05) is 30.3 Å². The lowest BCUT2D eigenvalue weighted by atomic mass is 10.1. The Hall–Kier alpha value is -2.31. The van der Waals surface area contributed by atoms with Gasteiger partial charge >= 0.3 is 0 Å². The molecular weight excluding hydrogens is 328 g/mol. The monoisotopic (exact) mass is 358 g/mol. The van der Waals surface area contributed by atoms with Crippen molar-refractivity contribution in [3.05, 3.63) is 60.1 Å².